The number of aryl methyl sites for hydroxylation is 2. The van der Waals surface area contributed by atoms with Gasteiger partial charge in [-0.25, -0.2) is 13.1 Å². The monoisotopic (exact) mass is 450 g/mol. The summed E-state index contributed by atoms with van der Waals surface area (Å²) in [6.45, 7) is 6.63. The Kier molecular flexibility index (Phi) is 8.07. The van der Waals surface area contributed by atoms with E-state index in [9.17, 15) is 18.0 Å². The average molecular weight is 451 g/mol. The van der Waals surface area contributed by atoms with Gasteiger partial charge in [-0.2, -0.15) is 0 Å². The van der Waals surface area contributed by atoms with E-state index in [0.717, 1.165) is 31.2 Å². The normalized spacial score (nSPS) is 17.5. The lowest BCUT2D eigenvalue weighted by molar-refractivity contribution is -0.133. The van der Waals surface area contributed by atoms with E-state index in [2.05, 4.69) is 10.0 Å². The number of nitrogens with zero attached hydrogens (tertiary/aromatic N) is 2. The molecule has 2 amide bonds. The molecule has 0 aromatic heterocycles. The third kappa shape index (κ3) is 6.75. The van der Waals surface area contributed by atoms with Crippen LogP contribution in [0.3, 0.4) is 0 Å². The molecule has 172 valence electrons. The molecule has 0 bridgehead atoms. The first kappa shape index (κ1) is 23.7. The van der Waals surface area contributed by atoms with Gasteiger partial charge < -0.3 is 10.2 Å². The number of fused-ring (bicyclic) bond motifs is 1. The van der Waals surface area contributed by atoms with Gasteiger partial charge in [0.2, 0.25) is 21.8 Å². The van der Waals surface area contributed by atoms with Gasteiger partial charge in [0.05, 0.1) is 11.4 Å². The van der Waals surface area contributed by atoms with Crippen LogP contribution in [0.25, 0.3) is 0 Å². The summed E-state index contributed by atoms with van der Waals surface area (Å²) in [6.07, 6.45) is 4.29. The first-order valence-electron chi connectivity index (χ1n) is 11.2. The number of sulfonamides is 1. The van der Waals surface area contributed by atoms with Crippen molar-refractivity contribution in [1.82, 2.24) is 19.8 Å². The summed E-state index contributed by atoms with van der Waals surface area (Å²) in [6, 6.07) is 5.45. The number of hydrogen-bond acceptors (Lipinski definition) is 5. The van der Waals surface area contributed by atoms with Crippen molar-refractivity contribution in [1.29, 1.82) is 0 Å². The second kappa shape index (κ2) is 10.6. The van der Waals surface area contributed by atoms with Crippen LogP contribution in [-0.2, 0) is 32.5 Å². The van der Waals surface area contributed by atoms with Crippen molar-refractivity contribution in [3.63, 3.8) is 0 Å². The molecule has 0 unspecified atom stereocenters. The van der Waals surface area contributed by atoms with Crippen LogP contribution in [0.2, 0.25) is 0 Å². The summed E-state index contributed by atoms with van der Waals surface area (Å²) < 4.78 is 27.8. The van der Waals surface area contributed by atoms with Gasteiger partial charge in [0, 0.05) is 45.2 Å². The number of hydrogen-bond donors (Lipinski definition) is 2. The van der Waals surface area contributed by atoms with Gasteiger partial charge in [0.25, 0.3) is 0 Å². The van der Waals surface area contributed by atoms with E-state index in [-0.39, 0.29) is 35.7 Å². The van der Waals surface area contributed by atoms with Gasteiger partial charge in [0.15, 0.2) is 0 Å². The third-order valence-corrected chi connectivity index (χ3v) is 7.26. The van der Waals surface area contributed by atoms with Crippen LogP contribution in [0, 0.1) is 0 Å². The molecule has 0 atom stereocenters. The highest BCUT2D eigenvalue weighted by atomic mass is 32.2. The van der Waals surface area contributed by atoms with Gasteiger partial charge in [0.1, 0.15) is 0 Å². The molecule has 1 fully saturated rings. The number of piperazine rings is 1. The molecular formula is C22H34N4O4S. The van der Waals surface area contributed by atoms with Crippen LogP contribution in [0.1, 0.15) is 44.2 Å². The highest BCUT2D eigenvalue weighted by molar-refractivity contribution is 7.89. The Morgan fingerprint density at radius 2 is 1.71 bits per heavy atom. The van der Waals surface area contributed by atoms with Gasteiger partial charge >= 0.3 is 0 Å². The predicted molar refractivity (Wildman–Crippen MR) is 119 cm³/mol. The molecule has 1 aliphatic heterocycles. The number of carbonyl (C=O) groups excluding carboxylic acids is 2. The van der Waals surface area contributed by atoms with Crippen molar-refractivity contribution < 1.29 is 18.0 Å². The minimum absolute atomic E-state index is 0.00800. The largest absolute Gasteiger partial charge is 0.353 e. The van der Waals surface area contributed by atoms with Crippen LogP contribution in [-0.4, -0.2) is 75.3 Å². The summed E-state index contributed by atoms with van der Waals surface area (Å²) in [5, 5.41) is 2.87. The first-order valence-corrected chi connectivity index (χ1v) is 12.6. The van der Waals surface area contributed by atoms with Crippen molar-refractivity contribution in [3.8, 4) is 0 Å². The SMILES string of the molecule is CC(C)NC(=O)CN1CCN(C(=O)CCNS(=O)(=O)c2ccc3c(c2)CCCC3)CC1. The number of benzene rings is 1. The molecule has 2 N–H and O–H groups in total. The fraction of sp³-hybridized carbons (Fsp3) is 0.636. The molecule has 1 aliphatic carbocycles. The molecule has 2 aliphatic rings. The summed E-state index contributed by atoms with van der Waals surface area (Å²) in [5.74, 6) is -0.0780. The molecule has 3 rings (SSSR count). The minimum atomic E-state index is -3.63. The van der Waals surface area contributed by atoms with Gasteiger partial charge in [-0.3, -0.25) is 14.5 Å². The second-order valence-electron chi connectivity index (χ2n) is 8.66. The fourth-order valence-corrected chi connectivity index (χ4v) is 5.22. The van der Waals surface area contributed by atoms with E-state index < -0.39 is 10.0 Å². The summed E-state index contributed by atoms with van der Waals surface area (Å²) in [4.78, 5) is 28.4. The number of carbonyl (C=O) groups is 2. The molecule has 1 aromatic carbocycles. The molecule has 9 heteroatoms. The summed E-state index contributed by atoms with van der Waals surface area (Å²) in [5.41, 5.74) is 2.35. The fourth-order valence-electron chi connectivity index (χ4n) is 4.14. The quantitative estimate of drug-likeness (QED) is 0.613. The Morgan fingerprint density at radius 3 is 2.39 bits per heavy atom. The Balaban J connectivity index is 1.42. The van der Waals surface area contributed by atoms with Crippen LogP contribution < -0.4 is 10.0 Å². The highest BCUT2D eigenvalue weighted by Crippen LogP contribution is 2.24. The smallest absolute Gasteiger partial charge is 0.240 e. The van der Waals surface area contributed by atoms with E-state index >= 15 is 0 Å². The van der Waals surface area contributed by atoms with Gasteiger partial charge in [-0.15, -0.1) is 0 Å². The zero-order valence-corrected chi connectivity index (χ0v) is 19.3. The number of rotatable bonds is 8. The van der Waals surface area contributed by atoms with Crippen LogP contribution in [0.5, 0.6) is 0 Å². The van der Waals surface area contributed by atoms with Gasteiger partial charge in [-0.05, 0) is 62.8 Å². The summed E-state index contributed by atoms with van der Waals surface area (Å²) in [7, 11) is -3.63. The molecule has 8 nitrogen and oxygen atoms in total. The van der Waals surface area contributed by atoms with E-state index in [1.807, 2.05) is 24.8 Å². The molecule has 0 radical (unpaired) electrons. The lowest BCUT2D eigenvalue weighted by Gasteiger charge is -2.34. The maximum Gasteiger partial charge on any atom is 0.240 e. The molecule has 0 spiro atoms. The molecule has 0 saturated carbocycles. The number of nitrogens with one attached hydrogen (secondary N) is 2. The van der Waals surface area contributed by atoms with Crippen molar-refractivity contribution in [2.75, 3.05) is 39.3 Å². The third-order valence-electron chi connectivity index (χ3n) is 5.80. The molecule has 31 heavy (non-hydrogen) atoms. The van der Waals surface area contributed by atoms with E-state index in [4.69, 9.17) is 0 Å². The molecule has 1 saturated heterocycles. The predicted octanol–water partition coefficient (Wildman–Crippen LogP) is 0.903. The van der Waals surface area contributed by atoms with Crippen LogP contribution in [0.4, 0.5) is 0 Å². The van der Waals surface area contributed by atoms with E-state index in [0.29, 0.717) is 32.7 Å². The Bertz CT molecular complexity index is 893. The average Bonchev–Trinajstić information content (AvgIpc) is 2.73. The first-order chi connectivity index (χ1) is 14.7. The summed E-state index contributed by atoms with van der Waals surface area (Å²) >= 11 is 0. The van der Waals surface area contributed by atoms with Gasteiger partial charge in [-0.1, -0.05) is 6.07 Å². The Morgan fingerprint density at radius 1 is 1.03 bits per heavy atom. The Labute approximate surface area is 185 Å². The van der Waals surface area contributed by atoms with Crippen molar-refractivity contribution >= 4 is 21.8 Å². The lowest BCUT2D eigenvalue weighted by Crippen LogP contribution is -2.51. The zero-order chi connectivity index (χ0) is 22.4. The van der Waals surface area contributed by atoms with Crippen molar-refractivity contribution in [3.05, 3.63) is 29.3 Å². The molecule has 1 heterocycles. The highest BCUT2D eigenvalue weighted by Gasteiger charge is 2.23. The zero-order valence-electron chi connectivity index (χ0n) is 18.5. The Hall–Kier alpha value is -1.97. The topological polar surface area (TPSA) is 98.8 Å². The maximum absolute atomic E-state index is 12.6. The van der Waals surface area contributed by atoms with Crippen LogP contribution >= 0.6 is 0 Å². The lowest BCUT2D eigenvalue weighted by atomic mass is 9.92. The number of amides is 2. The minimum Gasteiger partial charge on any atom is -0.353 e. The molecule has 1 aromatic rings. The maximum atomic E-state index is 12.6. The van der Waals surface area contributed by atoms with Crippen molar-refractivity contribution in [2.45, 2.75) is 56.9 Å². The van der Waals surface area contributed by atoms with Crippen LogP contribution in [0.15, 0.2) is 23.1 Å². The molecular weight excluding hydrogens is 416 g/mol. The standard InChI is InChI=1S/C22H34N4O4S/c1-17(2)24-21(27)16-25-11-13-26(14-12-25)22(28)9-10-23-31(29,30)20-8-7-18-5-3-4-6-19(18)15-20/h7-8,15,17,23H,3-6,9-14,16H2,1-2H3,(H,24,27). The van der Waals surface area contributed by atoms with Crippen molar-refractivity contribution in [2.24, 2.45) is 0 Å². The second-order valence-corrected chi connectivity index (χ2v) is 10.4. The van der Waals surface area contributed by atoms with E-state index in [1.165, 1.54) is 5.56 Å². The van der Waals surface area contributed by atoms with E-state index in [1.54, 1.807) is 17.0 Å².